The van der Waals surface area contributed by atoms with Gasteiger partial charge in [-0.25, -0.2) is 21.6 Å². The predicted octanol–water partition coefficient (Wildman–Crippen LogP) is -0.659. The first-order chi connectivity index (χ1) is 9.26. The minimum absolute atomic E-state index is 0.0892. The third-order valence-corrected chi connectivity index (χ3v) is 7.05. The van der Waals surface area contributed by atoms with Crippen LogP contribution in [0.2, 0.25) is 0 Å². The quantitative estimate of drug-likeness (QED) is 0.741. The molecular weight excluding hydrogens is 304 g/mol. The zero-order valence-corrected chi connectivity index (χ0v) is 12.7. The standard InChI is InChI=1S/C10H18N4O4S2/c1-2-14-7-9(10(11)13-14)20(17,18)12-6-8-4-3-5-19(8,15)16/h7-8,12H,2-6H2,1H3,(H2,11,13). The maximum atomic E-state index is 12.1. The van der Waals surface area contributed by atoms with Gasteiger partial charge in [0.2, 0.25) is 10.0 Å². The second kappa shape index (κ2) is 5.34. The predicted molar refractivity (Wildman–Crippen MR) is 74.3 cm³/mol. The number of nitrogens with two attached hydrogens (primary N) is 1. The van der Waals surface area contributed by atoms with Crippen LogP contribution in [0.5, 0.6) is 0 Å². The van der Waals surface area contributed by atoms with E-state index in [1.165, 1.54) is 10.9 Å². The monoisotopic (exact) mass is 322 g/mol. The largest absolute Gasteiger partial charge is 0.381 e. The molecule has 1 atom stereocenters. The number of rotatable bonds is 5. The summed E-state index contributed by atoms with van der Waals surface area (Å²) in [5, 5.41) is 3.21. The summed E-state index contributed by atoms with van der Waals surface area (Å²) >= 11 is 0. The first-order valence-electron chi connectivity index (χ1n) is 6.30. The van der Waals surface area contributed by atoms with Crippen LogP contribution in [-0.2, 0) is 26.4 Å². The molecule has 0 radical (unpaired) electrons. The van der Waals surface area contributed by atoms with Gasteiger partial charge in [0.1, 0.15) is 4.90 Å². The van der Waals surface area contributed by atoms with E-state index in [1.807, 2.05) is 0 Å². The molecule has 8 nitrogen and oxygen atoms in total. The minimum Gasteiger partial charge on any atom is -0.381 e. The minimum atomic E-state index is -3.84. The van der Waals surface area contributed by atoms with E-state index >= 15 is 0 Å². The number of sulfone groups is 1. The van der Waals surface area contributed by atoms with Crippen LogP contribution < -0.4 is 10.5 Å². The SMILES string of the molecule is CCn1cc(S(=O)(=O)NCC2CCCS2(=O)=O)c(N)n1. The van der Waals surface area contributed by atoms with E-state index in [-0.39, 0.29) is 23.0 Å². The molecule has 1 aliphatic rings. The molecular formula is C10H18N4O4S2. The molecule has 1 fully saturated rings. The molecule has 0 spiro atoms. The maximum Gasteiger partial charge on any atom is 0.245 e. The Labute approximate surface area is 118 Å². The van der Waals surface area contributed by atoms with Gasteiger partial charge < -0.3 is 5.73 Å². The first-order valence-corrected chi connectivity index (χ1v) is 9.50. The Hall–Kier alpha value is -1.13. The second-order valence-electron chi connectivity index (χ2n) is 4.72. The molecule has 1 unspecified atom stereocenters. The third-order valence-electron chi connectivity index (χ3n) is 3.33. The number of hydrogen-bond acceptors (Lipinski definition) is 6. The Kier molecular flexibility index (Phi) is 4.07. The molecule has 10 heteroatoms. The first kappa shape index (κ1) is 15.3. The van der Waals surface area contributed by atoms with Gasteiger partial charge in [-0.3, -0.25) is 4.68 Å². The molecule has 2 rings (SSSR count). The Morgan fingerprint density at radius 3 is 2.75 bits per heavy atom. The summed E-state index contributed by atoms with van der Waals surface area (Å²) in [7, 11) is -7.02. The summed E-state index contributed by atoms with van der Waals surface area (Å²) in [6.45, 7) is 2.18. The zero-order valence-electron chi connectivity index (χ0n) is 11.1. The lowest BCUT2D eigenvalue weighted by Crippen LogP contribution is -2.34. The van der Waals surface area contributed by atoms with E-state index in [0.717, 1.165) is 0 Å². The lowest BCUT2D eigenvalue weighted by molar-refractivity contribution is 0.571. The Morgan fingerprint density at radius 2 is 2.25 bits per heavy atom. The highest BCUT2D eigenvalue weighted by molar-refractivity contribution is 7.92. The van der Waals surface area contributed by atoms with Crippen molar-refractivity contribution in [2.75, 3.05) is 18.0 Å². The Bertz CT molecular complexity index is 693. The smallest absolute Gasteiger partial charge is 0.245 e. The highest BCUT2D eigenvalue weighted by atomic mass is 32.2. The molecule has 1 aromatic heterocycles. The number of anilines is 1. The van der Waals surface area contributed by atoms with Gasteiger partial charge >= 0.3 is 0 Å². The summed E-state index contributed by atoms with van der Waals surface area (Å²) in [5.74, 6) is 0.0311. The Morgan fingerprint density at radius 1 is 1.55 bits per heavy atom. The summed E-state index contributed by atoms with van der Waals surface area (Å²) in [5.41, 5.74) is 5.57. The summed E-state index contributed by atoms with van der Waals surface area (Å²) in [4.78, 5) is -0.116. The third kappa shape index (κ3) is 2.96. The fourth-order valence-electron chi connectivity index (χ4n) is 2.15. The molecule has 0 amide bonds. The number of aryl methyl sites for hydroxylation is 1. The van der Waals surface area contributed by atoms with Gasteiger partial charge in [-0.15, -0.1) is 0 Å². The molecule has 1 saturated heterocycles. The van der Waals surface area contributed by atoms with Gasteiger partial charge in [0.15, 0.2) is 15.7 Å². The van der Waals surface area contributed by atoms with Crippen LogP contribution in [-0.4, -0.2) is 44.2 Å². The van der Waals surface area contributed by atoms with E-state index in [9.17, 15) is 16.8 Å². The van der Waals surface area contributed by atoms with Crippen molar-refractivity contribution >= 4 is 25.7 Å². The maximum absolute atomic E-state index is 12.1. The molecule has 20 heavy (non-hydrogen) atoms. The molecule has 0 aliphatic carbocycles. The average molecular weight is 322 g/mol. The van der Waals surface area contributed by atoms with Crippen molar-refractivity contribution in [3.63, 3.8) is 0 Å². The number of hydrogen-bond donors (Lipinski definition) is 2. The molecule has 0 aromatic carbocycles. The number of nitrogens with zero attached hydrogens (tertiary/aromatic N) is 2. The summed E-state index contributed by atoms with van der Waals surface area (Å²) < 4.78 is 51.3. The molecule has 1 aromatic rings. The fourth-order valence-corrected chi connectivity index (χ4v) is 5.18. The zero-order chi connectivity index (χ0) is 15.0. The number of nitrogens with one attached hydrogen (secondary N) is 1. The number of aromatic nitrogens is 2. The van der Waals surface area contributed by atoms with Gasteiger partial charge in [-0.1, -0.05) is 0 Å². The van der Waals surface area contributed by atoms with Gasteiger partial charge in [-0.2, -0.15) is 5.10 Å². The van der Waals surface area contributed by atoms with Crippen LogP contribution in [0.3, 0.4) is 0 Å². The van der Waals surface area contributed by atoms with Crippen molar-refractivity contribution in [2.24, 2.45) is 0 Å². The van der Waals surface area contributed by atoms with Gasteiger partial charge in [0.25, 0.3) is 0 Å². The van der Waals surface area contributed by atoms with Gasteiger partial charge in [0.05, 0.1) is 11.0 Å². The number of nitrogen functional groups attached to an aromatic ring is 1. The van der Waals surface area contributed by atoms with E-state index in [4.69, 9.17) is 5.73 Å². The van der Waals surface area contributed by atoms with Crippen LogP contribution in [0.15, 0.2) is 11.1 Å². The highest BCUT2D eigenvalue weighted by Gasteiger charge is 2.32. The molecule has 114 valence electrons. The van der Waals surface area contributed by atoms with Crippen LogP contribution in [0.1, 0.15) is 19.8 Å². The van der Waals surface area contributed by atoms with E-state index in [2.05, 4.69) is 9.82 Å². The van der Waals surface area contributed by atoms with Crippen LogP contribution in [0, 0.1) is 0 Å². The van der Waals surface area contributed by atoms with Crippen molar-refractivity contribution in [2.45, 2.75) is 36.5 Å². The average Bonchev–Trinajstić information content (AvgIpc) is 2.89. The van der Waals surface area contributed by atoms with Crippen molar-refractivity contribution in [3.05, 3.63) is 6.20 Å². The van der Waals surface area contributed by atoms with Crippen molar-refractivity contribution < 1.29 is 16.8 Å². The van der Waals surface area contributed by atoms with Crippen molar-refractivity contribution in [1.29, 1.82) is 0 Å². The Balaban J connectivity index is 2.13. The molecule has 0 saturated carbocycles. The van der Waals surface area contributed by atoms with E-state index < -0.39 is 25.1 Å². The van der Waals surface area contributed by atoms with Crippen LogP contribution in [0.4, 0.5) is 5.82 Å². The molecule has 2 heterocycles. The highest BCUT2D eigenvalue weighted by Crippen LogP contribution is 2.21. The summed E-state index contributed by atoms with van der Waals surface area (Å²) in [6.07, 6.45) is 2.39. The van der Waals surface area contributed by atoms with Crippen LogP contribution >= 0.6 is 0 Å². The van der Waals surface area contributed by atoms with Gasteiger partial charge in [0, 0.05) is 19.3 Å². The van der Waals surface area contributed by atoms with Crippen LogP contribution in [0.25, 0.3) is 0 Å². The number of sulfonamides is 1. The second-order valence-corrected chi connectivity index (χ2v) is 8.85. The fraction of sp³-hybridized carbons (Fsp3) is 0.700. The van der Waals surface area contributed by atoms with Gasteiger partial charge in [-0.05, 0) is 19.8 Å². The van der Waals surface area contributed by atoms with E-state index in [1.54, 1.807) is 6.92 Å². The van der Waals surface area contributed by atoms with Crippen molar-refractivity contribution in [1.82, 2.24) is 14.5 Å². The summed E-state index contributed by atoms with van der Waals surface area (Å²) in [6, 6.07) is 0. The normalized spacial score (nSPS) is 22.1. The molecule has 1 aliphatic heterocycles. The lowest BCUT2D eigenvalue weighted by atomic mass is 10.2. The lowest BCUT2D eigenvalue weighted by Gasteiger charge is -2.10. The van der Waals surface area contributed by atoms with Crippen molar-refractivity contribution in [3.8, 4) is 0 Å². The topological polar surface area (TPSA) is 124 Å². The van der Waals surface area contributed by atoms with E-state index in [0.29, 0.717) is 19.4 Å². The molecule has 0 bridgehead atoms. The molecule has 3 N–H and O–H groups in total.